The highest BCUT2D eigenvalue weighted by Gasteiger charge is 2.48. The number of hydrogen-bond acceptors (Lipinski definition) is 8. The summed E-state index contributed by atoms with van der Waals surface area (Å²) in [5.74, 6) is 0.322. The Morgan fingerprint density at radius 1 is 1.17 bits per heavy atom. The van der Waals surface area contributed by atoms with Crippen molar-refractivity contribution in [2.24, 2.45) is 5.92 Å². The van der Waals surface area contributed by atoms with Crippen molar-refractivity contribution in [2.45, 2.75) is 26.3 Å². The lowest BCUT2D eigenvalue weighted by molar-refractivity contribution is -0.132. The molecule has 1 fully saturated rings. The molecule has 0 radical (unpaired) electrons. The van der Waals surface area contributed by atoms with Crippen molar-refractivity contribution < 1.29 is 28.9 Å². The molecule has 186 valence electrons. The van der Waals surface area contributed by atoms with E-state index in [1.54, 1.807) is 35.8 Å². The molecule has 1 saturated heterocycles. The van der Waals surface area contributed by atoms with Crippen molar-refractivity contribution in [3.05, 3.63) is 70.7 Å². The molecule has 2 aliphatic heterocycles. The number of benzene rings is 2. The van der Waals surface area contributed by atoms with Crippen LogP contribution in [-0.4, -0.2) is 41.6 Å². The summed E-state index contributed by atoms with van der Waals surface area (Å²) >= 11 is 1.24. The summed E-state index contributed by atoms with van der Waals surface area (Å²) < 4.78 is 17.1. The molecule has 3 aromatic rings. The van der Waals surface area contributed by atoms with E-state index in [0.717, 1.165) is 6.42 Å². The van der Waals surface area contributed by atoms with Crippen molar-refractivity contribution in [1.82, 2.24) is 4.98 Å². The van der Waals surface area contributed by atoms with E-state index in [-0.39, 0.29) is 11.3 Å². The summed E-state index contributed by atoms with van der Waals surface area (Å²) in [7, 11) is 0. The predicted molar refractivity (Wildman–Crippen MR) is 136 cm³/mol. The first-order valence-corrected chi connectivity index (χ1v) is 12.6. The van der Waals surface area contributed by atoms with E-state index in [0.29, 0.717) is 59.2 Å². The van der Waals surface area contributed by atoms with E-state index in [9.17, 15) is 14.7 Å². The van der Waals surface area contributed by atoms with E-state index in [2.05, 4.69) is 18.8 Å². The van der Waals surface area contributed by atoms with Gasteiger partial charge in [-0.05, 0) is 48.2 Å². The van der Waals surface area contributed by atoms with E-state index in [4.69, 9.17) is 14.2 Å². The average Bonchev–Trinajstić information content (AvgIpc) is 3.50. The summed E-state index contributed by atoms with van der Waals surface area (Å²) in [6.45, 7) is 5.62. The van der Waals surface area contributed by atoms with Gasteiger partial charge in [-0.1, -0.05) is 26.0 Å². The predicted octanol–water partition coefficient (Wildman–Crippen LogP) is 4.97. The Morgan fingerprint density at radius 2 is 1.97 bits per heavy atom. The van der Waals surface area contributed by atoms with Crippen LogP contribution in [0.1, 0.15) is 37.4 Å². The molecule has 36 heavy (non-hydrogen) atoms. The number of amides is 1. The van der Waals surface area contributed by atoms with Gasteiger partial charge in [0.05, 0.1) is 18.2 Å². The molecule has 1 aromatic heterocycles. The normalized spacial score (nSPS) is 18.6. The molecule has 2 aliphatic rings. The highest BCUT2D eigenvalue weighted by molar-refractivity contribution is 7.14. The minimum atomic E-state index is -0.877. The molecule has 0 aliphatic carbocycles. The monoisotopic (exact) mass is 506 g/mol. The Balaban J connectivity index is 1.60. The van der Waals surface area contributed by atoms with Crippen LogP contribution in [0.3, 0.4) is 0 Å². The Hall–Kier alpha value is -3.85. The van der Waals surface area contributed by atoms with Gasteiger partial charge in [0, 0.05) is 17.1 Å². The number of Topliss-reactive ketones (excluding diaryl/α,β-unsaturated/α-hetero) is 1. The number of aliphatic hydroxyl groups is 1. The topological polar surface area (TPSA) is 98.2 Å². The second kappa shape index (κ2) is 10.0. The van der Waals surface area contributed by atoms with Gasteiger partial charge in [0.2, 0.25) is 0 Å². The van der Waals surface area contributed by atoms with Crippen LogP contribution in [0.15, 0.2) is 59.6 Å². The van der Waals surface area contributed by atoms with Gasteiger partial charge >= 0.3 is 5.91 Å². The molecular formula is C27H26N2O6S. The average molecular weight is 507 g/mol. The molecule has 3 heterocycles. The lowest BCUT2D eigenvalue weighted by atomic mass is 9.95. The number of hydrogen-bond donors (Lipinski definition) is 1. The second-order valence-electron chi connectivity index (χ2n) is 8.95. The van der Waals surface area contributed by atoms with Crippen LogP contribution in [0.4, 0.5) is 5.13 Å². The van der Waals surface area contributed by atoms with E-state index in [1.807, 2.05) is 18.2 Å². The molecule has 0 saturated carbocycles. The third-order valence-corrected chi connectivity index (χ3v) is 6.79. The largest absolute Gasteiger partial charge is 0.507 e. The number of thiazole rings is 1. The van der Waals surface area contributed by atoms with Gasteiger partial charge in [-0.15, -0.1) is 11.3 Å². The van der Waals surface area contributed by atoms with Crippen LogP contribution in [0.2, 0.25) is 0 Å². The summed E-state index contributed by atoms with van der Waals surface area (Å²) in [6, 6.07) is 11.3. The first-order chi connectivity index (χ1) is 17.4. The van der Waals surface area contributed by atoms with E-state index >= 15 is 0 Å². The molecule has 0 bridgehead atoms. The Bertz CT molecular complexity index is 1320. The van der Waals surface area contributed by atoms with Crippen molar-refractivity contribution >= 4 is 33.9 Å². The van der Waals surface area contributed by atoms with Gasteiger partial charge < -0.3 is 19.3 Å². The lowest BCUT2D eigenvalue weighted by Gasteiger charge is -2.24. The van der Waals surface area contributed by atoms with E-state index in [1.165, 1.54) is 16.2 Å². The molecular weight excluding hydrogens is 480 g/mol. The molecule has 5 rings (SSSR count). The zero-order valence-electron chi connectivity index (χ0n) is 20.0. The van der Waals surface area contributed by atoms with Gasteiger partial charge in [0.1, 0.15) is 24.7 Å². The number of anilines is 1. The molecule has 1 N–H and O–H groups in total. The highest BCUT2D eigenvalue weighted by Crippen LogP contribution is 2.44. The van der Waals surface area contributed by atoms with Crippen LogP contribution in [0.25, 0.3) is 5.76 Å². The number of nitrogens with zero attached hydrogens (tertiary/aromatic N) is 2. The summed E-state index contributed by atoms with van der Waals surface area (Å²) in [5, 5.41) is 13.5. The number of ketones is 1. The highest BCUT2D eigenvalue weighted by atomic mass is 32.1. The van der Waals surface area contributed by atoms with Gasteiger partial charge in [0.15, 0.2) is 16.6 Å². The Labute approximate surface area is 212 Å². The molecule has 8 nitrogen and oxygen atoms in total. The van der Waals surface area contributed by atoms with Crippen molar-refractivity contribution in [1.29, 1.82) is 0 Å². The molecule has 2 aromatic carbocycles. The van der Waals surface area contributed by atoms with Gasteiger partial charge in [-0.3, -0.25) is 14.5 Å². The fourth-order valence-electron chi connectivity index (χ4n) is 4.21. The second-order valence-corrected chi connectivity index (χ2v) is 9.82. The molecule has 0 spiro atoms. The molecule has 9 heteroatoms. The maximum atomic E-state index is 13.3. The van der Waals surface area contributed by atoms with Crippen LogP contribution in [-0.2, 0) is 9.59 Å². The van der Waals surface area contributed by atoms with Gasteiger partial charge in [0.25, 0.3) is 5.78 Å². The number of carbonyl (C=O) groups is 2. The fourth-order valence-corrected chi connectivity index (χ4v) is 4.88. The van der Waals surface area contributed by atoms with Crippen LogP contribution in [0, 0.1) is 5.92 Å². The number of carbonyl (C=O) groups excluding carboxylic acids is 2. The van der Waals surface area contributed by atoms with Gasteiger partial charge in [-0.25, -0.2) is 4.98 Å². The Kier molecular flexibility index (Phi) is 6.65. The number of aliphatic hydroxyl groups excluding tert-OH is 1. The number of ether oxygens (including phenoxy) is 3. The maximum Gasteiger partial charge on any atom is 0.301 e. The van der Waals surface area contributed by atoms with Gasteiger partial charge in [-0.2, -0.15) is 0 Å². The van der Waals surface area contributed by atoms with Crippen LogP contribution >= 0.6 is 11.3 Å². The number of aromatic nitrogens is 1. The smallest absolute Gasteiger partial charge is 0.301 e. The third kappa shape index (κ3) is 4.54. The van der Waals surface area contributed by atoms with Crippen molar-refractivity contribution in [3.63, 3.8) is 0 Å². The number of rotatable bonds is 7. The maximum absolute atomic E-state index is 13.3. The number of fused-ring (bicyclic) bond motifs is 1. The first-order valence-electron chi connectivity index (χ1n) is 11.8. The van der Waals surface area contributed by atoms with E-state index < -0.39 is 17.7 Å². The van der Waals surface area contributed by atoms with Crippen molar-refractivity contribution in [2.75, 3.05) is 24.7 Å². The van der Waals surface area contributed by atoms with Crippen LogP contribution < -0.4 is 19.1 Å². The Morgan fingerprint density at radius 3 is 2.72 bits per heavy atom. The summed E-state index contributed by atoms with van der Waals surface area (Å²) in [5.41, 5.74) is 0.961. The minimum absolute atomic E-state index is 0.0220. The first kappa shape index (κ1) is 23.9. The SMILES string of the molecule is CC(C)CCOc1cccc(C2/C(=C(/O)c3ccc4c(c3)OCCO4)C(=O)C(=O)N2c2nccs2)c1. The summed E-state index contributed by atoms with van der Waals surface area (Å²) in [4.78, 5) is 32.1. The van der Waals surface area contributed by atoms with Crippen molar-refractivity contribution in [3.8, 4) is 17.2 Å². The fraction of sp³-hybridized carbons (Fsp3) is 0.296. The standard InChI is InChI=1S/C27H26N2O6S/c1-16(2)8-10-33-19-5-3-4-17(14-19)23-22(25(31)26(32)29(23)27-28-9-13-36-27)24(30)18-6-7-20-21(15-18)35-12-11-34-20/h3-7,9,13-16,23,30H,8,10-12H2,1-2H3/b24-22-. The minimum Gasteiger partial charge on any atom is -0.507 e. The zero-order chi connectivity index (χ0) is 25.2. The summed E-state index contributed by atoms with van der Waals surface area (Å²) in [6.07, 6.45) is 2.47. The zero-order valence-corrected chi connectivity index (χ0v) is 20.8. The molecule has 1 atom stereocenters. The van der Waals surface area contributed by atoms with Crippen LogP contribution in [0.5, 0.6) is 17.2 Å². The molecule has 1 amide bonds. The lowest BCUT2D eigenvalue weighted by Crippen LogP contribution is -2.29. The quantitative estimate of drug-likeness (QED) is 0.275. The molecule has 1 unspecified atom stereocenters. The third-order valence-electron chi connectivity index (χ3n) is 6.02.